The Bertz CT molecular complexity index is 1280. The van der Waals surface area contributed by atoms with E-state index in [-0.39, 0.29) is 30.2 Å². The summed E-state index contributed by atoms with van der Waals surface area (Å²) in [5.41, 5.74) is 5.64. The van der Waals surface area contributed by atoms with Crippen molar-refractivity contribution in [2.24, 2.45) is 0 Å². The number of amides is 1. The van der Waals surface area contributed by atoms with Crippen LogP contribution in [0.2, 0.25) is 0 Å². The van der Waals surface area contributed by atoms with Gasteiger partial charge in [-0.3, -0.25) is 4.79 Å². The number of benzene rings is 3. The van der Waals surface area contributed by atoms with Crippen molar-refractivity contribution in [3.63, 3.8) is 0 Å². The van der Waals surface area contributed by atoms with E-state index >= 15 is 0 Å². The zero-order valence-electron chi connectivity index (χ0n) is 22.4. The number of likely N-dealkylation sites (tertiary alicyclic amines) is 1. The van der Waals surface area contributed by atoms with Gasteiger partial charge in [-0.2, -0.15) is 0 Å². The van der Waals surface area contributed by atoms with Gasteiger partial charge >= 0.3 is 12.1 Å². The van der Waals surface area contributed by atoms with Gasteiger partial charge in [0.05, 0.1) is 7.11 Å². The molecule has 0 bridgehead atoms. The van der Waals surface area contributed by atoms with Gasteiger partial charge in [-0.15, -0.1) is 0 Å². The SMILES string of the molecule is COC(=O)CC/C(=C(\c1ccc(O)cc1)c1ccc(C2CN(C(=O)OC(C)(C)C)C2)cc1)c1ccccc1. The molecule has 3 aromatic rings. The van der Waals surface area contributed by atoms with Crippen molar-refractivity contribution >= 4 is 23.2 Å². The highest BCUT2D eigenvalue weighted by atomic mass is 16.6. The average Bonchev–Trinajstić information content (AvgIpc) is 2.86. The molecule has 0 aromatic heterocycles. The van der Waals surface area contributed by atoms with E-state index in [2.05, 4.69) is 24.3 Å². The van der Waals surface area contributed by atoms with Crippen molar-refractivity contribution in [1.82, 2.24) is 4.90 Å². The number of carbonyl (C=O) groups is 2. The summed E-state index contributed by atoms with van der Waals surface area (Å²) in [6, 6.07) is 25.6. The van der Waals surface area contributed by atoms with Crippen LogP contribution in [0.4, 0.5) is 4.79 Å². The Morgan fingerprint density at radius 3 is 1.97 bits per heavy atom. The number of esters is 1. The summed E-state index contributed by atoms with van der Waals surface area (Å²) in [7, 11) is 1.40. The number of allylic oxidation sites excluding steroid dienone is 1. The third kappa shape index (κ3) is 6.62. The summed E-state index contributed by atoms with van der Waals surface area (Å²) in [5, 5.41) is 9.91. The van der Waals surface area contributed by atoms with Crippen LogP contribution in [0, 0.1) is 0 Å². The van der Waals surface area contributed by atoms with Gasteiger partial charge in [0.1, 0.15) is 11.4 Å². The zero-order valence-corrected chi connectivity index (χ0v) is 22.4. The highest BCUT2D eigenvalue weighted by Crippen LogP contribution is 2.37. The molecule has 1 fully saturated rings. The largest absolute Gasteiger partial charge is 0.508 e. The fourth-order valence-corrected chi connectivity index (χ4v) is 4.61. The highest BCUT2D eigenvalue weighted by molar-refractivity contribution is 5.99. The van der Waals surface area contributed by atoms with Crippen LogP contribution in [0.3, 0.4) is 0 Å². The minimum Gasteiger partial charge on any atom is -0.508 e. The minimum absolute atomic E-state index is 0.193. The first-order chi connectivity index (χ1) is 18.1. The Balaban J connectivity index is 1.66. The molecule has 6 nitrogen and oxygen atoms in total. The number of phenolic OH excluding ortho intramolecular Hbond substituents is 1. The van der Waals surface area contributed by atoms with Crippen molar-refractivity contribution in [3.05, 3.63) is 101 Å². The monoisotopic (exact) mass is 513 g/mol. The molecule has 1 N–H and O–H groups in total. The molecule has 198 valence electrons. The van der Waals surface area contributed by atoms with Crippen LogP contribution in [0.1, 0.15) is 61.8 Å². The number of methoxy groups -OCH3 is 1. The lowest BCUT2D eigenvalue weighted by Crippen LogP contribution is -2.50. The van der Waals surface area contributed by atoms with Gasteiger partial charge in [0.25, 0.3) is 0 Å². The number of hydrogen-bond acceptors (Lipinski definition) is 5. The molecule has 0 saturated carbocycles. The van der Waals surface area contributed by atoms with E-state index in [0.717, 1.165) is 33.4 Å². The van der Waals surface area contributed by atoms with Crippen LogP contribution in [0.5, 0.6) is 5.75 Å². The fraction of sp³-hybridized carbons (Fsp3) is 0.312. The Kier molecular flexibility index (Phi) is 8.20. The Morgan fingerprint density at radius 2 is 1.42 bits per heavy atom. The average molecular weight is 514 g/mol. The van der Waals surface area contributed by atoms with Crippen LogP contribution in [-0.2, 0) is 14.3 Å². The van der Waals surface area contributed by atoms with E-state index in [9.17, 15) is 14.7 Å². The van der Waals surface area contributed by atoms with Crippen molar-refractivity contribution in [2.45, 2.75) is 45.1 Å². The number of aromatic hydroxyl groups is 1. The van der Waals surface area contributed by atoms with Crippen LogP contribution in [0.25, 0.3) is 11.1 Å². The molecule has 0 unspecified atom stereocenters. The molecule has 1 saturated heterocycles. The predicted octanol–water partition coefficient (Wildman–Crippen LogP) is 6.64. The van der Waals surface area contributed by atoms with Gasteiger partial charge in [-0.25, -0.2) is 4.79 Å². The molecule has 1 amide bonds. The zero-order chi connectivity index (χ0) is 27.3. The van der Waals surface area contributed by atoms with Crippen LogP contribution < -0.4 is 0 Å². The second-order valence-electron chi connectivity index (χ2n) is 10.5. The van der Waals surface area contributed by atoms with Gasteiger partial charge in [-0.05, 0) is 72.7 Å². The first-order valence-corrected chi connectivity index (χ1v) is 12.9. The Labute approximate surface area is 224 Å². The molecule has 0 aliphatic carbocycles. The highest BCUT2D eigenvalue weighted by Gasteiger charge is 2.34. The summed E-state index contributed by atoms with van der Waals surface area (Å²) >= 11 is 0. The number of nitrogens with zero attached hydrogens (tertiary/aromatic N) is 1. The van der Waals surface area contributed by atoms with E-state index in [1.807, 2.05) is 63.2 Å². The van der Waals surface area contributed by atoms with Crippen molar-refractivity contribution < 1.29 is 24.2 Å². The standard InChI is InChI=1S/C32H35NO5/c1-32(2,3)38-31(36)33-20-26(21-33)22-10-12-24(13-11-22)30(25-14-16-27(34)17-15-25)28(18-19-29(35)37-4)23-8-6-5-7-9-23/h5-17,26,34H,18-21H2,1-4H3/b30-28+. The molecule has 0 radical (unpaired) electrons. The molecule has 1 aliphatic heterocycles. The summed E-state index contributed by atoms with van der Waals surface area (Å²) in [6.45, 7) is 6.87. The lowest BCUT2D eigenvalue weighted by atomic mass is 9.85. The topological polar surface area (TPSA) is 76.1 Å². The first kappa shape index (κ1) is 27.0. The summed E-state index contributed by atoms with van der Waals surface area (Å²) in [4.78, 5) is 26.1. The maximum Gasteiger partial charge on any atom is 0.410 e. The fourth-order valence-electron chi connectivity index (χ4n) is 4.61. The Morgan fingerprint density at radius 1 is 0.842 bits per heavy atom. The molecule has 0 spiro atoms. The van der Waals surface area contributed by atoms with Gasteiger partial charge in [0.15, 0.2) is 0 Å². The Hall–Kier alpha value is -4.06. The van der Waals surface area contributed by atoms with Gasteiger partial charge < -0.3 is 19.5 Å². The molecular formula is C32H35NO5. The molecule has 38 heavy (non-hydrogen) atoms. The molecule has 1 aliphatic rings. The van der Waals surface area contributed by atoms with E-state index in [1.165, 1.54) is 7.11 Å². The summed E-state index contributed by atoms with van der Waals surface area (Å²) in [5.74, 6) is 0.183. The van der Waals surface area contributed by atoms with Crippen molar-refractivity contribution in [1.29, 1.82) is 0 Å². The van der Waals surface area contributed by atoms with Crippen LogP contribution in [0.15, 0.2) is 78.9 Å². The summed E-state index contributed by atoms with van der Waals surface area (Å²) in [6.07, 6.45) is 0.478. The third-order valence-corrected chi connectivity index (χ3v) is 6.59. The number of rotatable bonds is 7. The lowest BCUT2D eigenvalue weighted by molar-refractivity contribution is -0.140. The first-order valence-electron chi connectivity index (χ1n) is 12.9. The summed E-state index contributed by atoms with van der Waals surface area (Å²) < 4.78 is 10.4. The maximum atomic E-state index is 12.3. The second-order valence-corrected chi connectivity index (χ2v) is 10.5. The van der Waals surface area contributed by atoms with E-state index in [1.54, 1.807) is 17.0 Å². The molecule has 3 aromatic carbocycles. The quantitative estimate of drug-likeness (QED) is 0.283. The van der Waals surface area contributed by atoms with E-state index < -0.39 is 5.60 Å². The van der Waals surface area contributed by atoms with E-state index in [0.29, 0.717) is 19.5 Å². The van der Waals surface area contributed by atoms with Crippen molar-refractivity contribution in [2.75, 3.05) is 20.2 Å². The van der Waals surface area contributed by atoms with E-state index in [4.69, 9.17) is 9.47 Å². The number of phenols is 1. The molecule has 4 rings (SSSR count). The molecule has 0 atom stereocenters. The van der Waals surface area contributed by atoms with Crippen molar-refractivity contribution in [3.8, 4) is 5.75 Å². The lowest BCUT2D eigenvalue weighted by Gasteiger charge is -2.40. The molecular weight excluding hydrogens is 478 g/mol. The molecule has 6 heteroatoms. The van der Waals surface area contributed by atoms with Gasteiger partial charge in [-0.1, -0.05) is 66.7 Å². The number of ether oxygens (including phenoxy) is 2. The number of carbonyl (C=O) groups excluding carboxylic acids is 2. The maximum absolute atomic E-state index is 12.3. The van der Waals surface area contributed by atoms with Gasteiger partial charge in [0.2, 0.25) is 0 Å². The van der Waals surface area contributed by atoms with Crippen LogP contribution >= 0.6 is 0 Å². The predicted molar refractivity (Wildman–Crippen MR) is 149 cm³/mol. The second kappa shape index (κ2) is 11.5. The normalized spacial score (nSPS) is 14.4. The van der Waals surface area contributed by atoms with Crippen LogP contribution in [-0.4, -0.2) is 47.9 Å². The molecule has 1 heterocycles. The third-order valence-electron chi connectivity index (χ3n) is 6.59. The van der Waals surface area contributed by atoms with Gasteiger partial charge in [0, 0.05) is 25.4 Å². The number of hydrogen-bond donors (Lipinski definition) is 1. The smallest absolute Gasteiger partial charge is 0.410 e. The minimum atomic E-state index is -0.509.